The minimum absolute atomic E-state index is 0.564. The fraction of sp³-hybridized carbons (Fsp3) is 0.381. The van der Waals surface area contributed by atoms with Gasteiger partial charge in [-0.05, 0) is 55.9 Å². The molecule has 0 bridgehead atoms. The molecule has 0 spiro atoms. The zero-order valence-electron chi connectivity index (χ0n) is 13.6. The number of benzene rings is 1. The van der Waals surface area contributed by atoms with E-state index in [1.807, 2.05) is 36.5 Å². The van der Waals surface area contributed by atoms with Gasteiger partial charge in [0, 0.05) is 28.3 Å². The molecular formula is C21H22ClN. The van der Waals surface area contributed by atoms with Gasteiger partial charge >= 0.3 is 0 Å². The van der Waals surface area contributed by atoms with Crippen LogP contribution in [-0.2, 0) is 0 Å². The Bertz CT molecular complexity index is 683. The Balaban J connectivity index is 1.64. The van der Waals surface area contributed by atoms with Crippen LogP contribution < -0.4 is 0 Å². The molecule has 2 aromatic rings. The van der Waals surface area contributed by atoms with Crippen molar-refractivity contribution in [3.8, 4) is 23.1 Å². The Labute approximate surface area is 144 Å². The van der Waals surface area contributed by atoms with Crippen LogP contribution >= 0.6 is 11.6 Å². The second-order valence-corrected chi connectivity index (χ2v) is 6.77. The Kier molecular flexibility index (Phi) is 5.36. The van der Waals surface area contributed by atoms with Gasteiger partial charge < -0.3 is 0 Å². The van der Waals surface area contributed by atoms with E-state index in [4.69, 9.17) is 11.6 Å². The van der Waals surface area contributed by atoms with Crippen molar-refractivity contribution in [3.63, 3.8) is 0 Å². The van der Waals surface area contributed by atoms with Crippen LogP contribution in [0.15, 0.2) is 42.6 Å². The van der Waals surface area contributed by atoms with Crippen molar-refractivity contribution in [1.29, 1.82) is 0 Å². The van der Waals surface area contributed by atoms with Crippen molar-refractivity contribution in [2.24, 2.45) is 11.8 Å². The molecule has 0 radical (unpaired) electrons. The van der Waals surface area contributed by atoms with E-state index in [-0.39, 0.29) is 0 Å². The van der Waals surface area contributed by atoms with Crippen molar-refractivity contribution in [2.75, 3.05) is 0 Å². The number of hydrogen-bond donors (Lipinski definition) is 0. The minimum atomic E-state index is 0.564. The predicted octanol–water partition coefficient (Wildman–Crippen LogP) is 5.97. The molecule has 0 atom stereocenters. The first-order valence-corrected chi connectivity index (χ1v) is 8.86. The molecule has 1 aromatic carbocycles. The number of rotatable bonds is 2. The summed E-state index contributed by atoms with van der Waals surface area (Å²) in [5.41, 5.74) is 3.03. The van der Waals surface area contributed by atoms with Crippen LogP contribution in [0.1, 0.15) is 44.6 Å². The summed E-state index contributed by atoms with van der Waals surface area (Å²) < 4.78 is 0. The molecule has 23 heavy (non-hydrogen) atoms. The lowest BCUT2D eigenvalue weighted by molar-refractivity contribution is 0.309. The van der Waals surface area contributed by atoms with Gasteiger partial charge in [0.1, 0.15) is 0 Å². The molecule has 3 rings (SSSR count). The lowest BCUT2D eigenvalue weighted by Gasteiger charge is -2.24. The van der Waals surface area contributed by atoms with Gasteiger partial charge in [-0.1, -0.05) is 48.9 Å². The smallest absolute Gasteiger partial charge is 0.0702 e. The van der Waals surface area contributed by atoms with E-state index in [2.05, 4.69) is 29.8 Å². The van der Waals surface area contributed by atoms with E-state index < -0.39 is 0 Å². The van der Waals surface area contributed by atoms with Crippen LogP contribution in [0, 0.1) is 23.7 Å². The quantitative estimate of drug-likeness (QED) is 0.620. The van der Waals surface area contributed by atoms with Crippen LogP contribution in [0.5, 0.6) is 0 Å². The van der Waals surface area contributed by atoms with Crippen LogP contribution in [-0.4, -0.2) is 4.98 Å². The lowest BCUT2D eigenvalue weighted by Crippen LogP contribution is -2.12. The number of hydrogen-bond acceptors (Lipinski definition) is 1. The average Bonchev–Trinajstić information content (AvgIpc) is 2.61. The number of aromatic nitrogens is 1. The van der Waals surface area contributed by atoms with Gasteiger partial charge in [0.05, 0.1) is 5.69 Å². The first-order chi connectivity index (χ1) is 11.2. The summed E-state index contributed by atoms with van der Waals surface area (Å²) in [5.74, 6) is 8.23. The maximum atomic E-state index is 5.92. The highest BCUT2D eigenvalue weighted by Gasteiger charge is 2.17. The normalized spacial score (nSPS) is 20.6. The van der Waals surface area contributed by atoms with Crippen LogP contribution in [0.4, 0.5) is 0 Å². The SMILES string of the molecule is CC[C@H]1CC[C@H](C#Cc2ccc(-c3ccc(Cl)cc3)nc2)CC1. The summed E-state index contributed by atoms with van der Waals surface area (Å²) in [6.07, 6.45) is 8.36. The molecule has 0 amide bonds. The maximum Gasteiger partial charge on any atom is 0.0702 e. The van der Waals surface area contributed by atoms with Crippen molar-refractivity contribution >= 4 is 11.6 Å². The molecule has 1 aromatic heterocycles. The summed E-state index contributed by atoms with van der Waals surface area (Å²) in [4.78, 5) is 4.52. The fourth-order valence-electron chi connectivity index (χ4n) is 3.16. The fourth-order valence-corrected chi connectivity index (χ4v) is 3.29. The largest absolute Gasteiger partial charge is 0.255 e. The molecule has 1 heterocycles. The first-order valence-electron chi connectivity index (χ1n) is 8.48. The van der Waals surface area contributed by atoms with Gasteiger partial charge in [-0.3, -0.25) is 4.98 Å². The van der Waals surface area contributed by atoms with Crippen LogP contribution in [0.2, 0.25) is 5.02 Å². The van der Waals surface area contributed by atoms with E-state index in [1.165, 1.54) is 32.1 Å². The van der Waals surface area contributed by atoms with Gasteiger partial charge in [0.15, 0.2) is 0 Å². The summed E-state index contributed by atoms with van der Waals surface area (Å²) in [5, 5.41) is 0.744. The standard InChI is InChI=1S/C21H22ClN/c1-2-16-3-5-17(6-4-16)7-8-18-9-14-21(23-15-18)19-10-12-20(22)13-11-19/h9-17H,2-6H2,1H3/t16-,17-. The Morgan fingerprint density at radius 2 is 1.78 bits per heavy atom. The van der Waals surface area contributed by atoms with E-state index >= 15 is 0 Å². The molecule has 0 saturated heterocycles. The third-order valence-corrected chi connectivity index (χ3v) is 5.00. The molecule has 1 nitrogen and oxygen atoms in total. The highest BCUT2D eigenvalue weighted by atomic mass is 35.5. The van der Waals surface area contributed by atoms with Gasteiger partial charge in [0.2, 0.25) is 0 Å². The Hall–Kier alpha value is -1.78. The predicted molar refractivity (Wildman–Crippen MR) is 97.3 cm³/mol. The van der Waals surface area contributed by atoms with E-state index in [0.717, 1.165) is 27.8 Å². The highest BCUT2D eigenvalue weighted by molar-refractivity contribution is 6.30. The minimum Gasteiger partial charge on any atom is -0.255 e. The summed E-state index contributed by atoms with van der Waals surface area (Å²) in [6.45, 7) is 2.30. The third-order valence-electron chi connectivity index (χ3n) is 4.75. The van der Waals surface area contributed by atoms with E-state index in [0.29, 0.717) is 5.92 Å². The van der Waals surface area contributed by atoms with Crippen LogP contribution in [0.25, 0.3) is 11.3 Å². The van der Waals surface area contributed by atoms with Crippen LogP contribution in [0.3, 0.4) is 0 Å². The number of halogens is 1. The van der Waals surface area contributed by atoms with Crippen molar-refractivity contribution in [3.05, 3.63) is 53.2 Å². The molecular weight excluding hydrogens is 302 g/mol. The third kappa shape index (κ3) is 4.36. The molecule has 118 valence electrons. The summed E-state index contributed by atoms with van der Waals surface area (Å²) >= 11 is 5.92. The molecule has 1 saturated carbocycles. The van der Waals surface area contributed by atoms with Gasteiger partial charge in [-0.15, -0.1) is 0 Å². The molecule has 0 aliphatic heterocycles. The van der Waals surface area contributed by atoms with Crippen molar-refractivity contribution in [2.45, 2.75) is 39.0 Å². The zero-order chi connectivity index (χ0) is 16.1. The molecule has 0 N–H and O–H groups in total. The molecule has 1 aliphatic rings. The Morgan fingerprint density at radius 1 is 1.04 bits per heavy atom. The molecule has 0 unspecified atom stereocenters. The number of pyridine rings is 1. The lowest BCUT2D eigenvalue weighted by atomic mass is 9.81. The van der Waals surface area contributed by atoms with E-state index in [1.54, 1.807) is 0 Å². The topological polar surface area (TPSA) is 12.9 Å². The van der Waals surface area contributed by atoms with Crippen molar-refractivity contribution in [1.82, 2.24) is 4.98 Å². The molecule has 1 aliphatic carbocycles. The van der Waals surface area contributed by atoms with Gasteiger partial charge in [0.25, 0.3) is 0 Å². The summed E-state index contributed by atoms with van der Waals surface area (Å²) in [7, 11) is 0. The highest BCUT2D eigenvalue weighted by Crippen LogP contribution is 2.30. The molecule has 1 fully saturated rings. The van der Waals surface area contributed by atoms with E-state index in [9.17, 15) is 0 Å². The second-order valence-electron chi connectivity index (χ2n) is 6.33. The monoisotopic (exact) mass is 323 g/mol. The van der Waals surface area contributed by atoms with Gasteiger partial charge in [-0.2, -0.15) is 0 Å². The van der Waals surface area contributed by atoms with Crippen molar-refractivity contribution < 1.29 is 0 Å². The zero-order valence-corrected chi connectivity index (χ0v) is 14.3. The summed E-state index contributed by atoms with van der Waals surface area (Å²) in [6, 6.07) is 11.8. The van der Waals surface area contributed by atoms with Gasteiger partial charge in [-0.25, -0.2) is 0 Å². The maximum absolute atomic E-state index is 5.92. The number of nitrogens with zero attached hydrogens (tertiary/aromatic N) is 1. The average molecular weight is 324 g/mol. The first kappa shape index (κ1) is 16.1. The molecule has 2 heteroatoms. The Morgan fingerprint density at radius 3 is 2.39 bits per heavy atom. The second kappa shape index (κ2) is 7.66.